The summed E-state index contributed by atoms with van der Waals surface area (Å²) >= 11 is 0. The summed E-state index contributed by atoms with van der Waals surface area (Å²) in [6.07, 6.45) is 2.40. The Hall–Kier alpha value is -2.53. The van der Waals surface area contributed by atoms with Gasteiger partial charge in [0.05, 0.1) is 16.9 Å². The van der Waals surface area contributed by atoms with Crippen molar-refractivity contribution in [1.82, 2.24) is 0 Å². The molecule has 0 amide bonds. The third-order valence-corrected chi connectivity index (χ3v) is 5.02. The van der Waals surface area contributed by atoms with Crippen LogP contribution in [-0.2, 0) is 20.2 Å². The number of hydrogen-bond donors (Lipinski definition) is 0. The number of benzene rings is 2. The Morgan fingerprint density at radius 1 is 0.962 bits per heavy atom. The molecule has 0 aromatic heterocycles. The molecule has 0 heterocycles. The van der Waals surface area contributed by atoms with Crippen molar-refractivity contribution in [3.63, 3.8) is 0 Å². The molecule has 138 valence electrons. The number of methoxy groups -OCH3 is 1. The van der Waals surface area contributed by atoms with Crippen LogP contribution in [0.4, 0.5) is 0 Å². The zero-order valence-corrected chi connectivity index (χ0v) is 14.9. The Morgan fingerprint density at radius 3 is 2.08 bits per heavy atom. The van der Waals surface area contributed by atoms with E-state index in [9.17, 15) is 30.7 Å². The van der Waals surface area contributed by atoms with Crippen LogP contribution in [0.15, 0.2) is 58.3 Å². The second-order valence-corrected chi connectivity index (χ2v) is 7.77. The van der Waals surface area contributed by atoms with Crippen molar-refractivity contribution in [3.8, 4) is 5.75 Å². The minimum atomic E-state index is -4.76. The standard InChI is InChI=1S/C16H14O8S2/c1-24-15-9-3-11(10-16(15)26(21,22)23)2-8-14(17)12-4-6-13(7-5-12)25(18,19)20/h2-10H,1H3,(H,18,19,20)(H,21,22,23)/p-2/b8-2+. The van der Waals surface area contributed by atoms with E-state index in [4.69, 9.17) is 4.74 Å². The van der Waals surface area contributed by atoms with Crippen molar-refractivity contribution in [2.75, 3.05) is 7.11 Å². The van der Waals surface area contributed by atoms with Crippen molar-refractivity contribution in [1.29, 1.82) is 0 Å². The van der Waals surface area contributed by atoms with Crippen molar-refractivity contribution >= 4 is 32.1 Å². The van der Waals surface area contributed by atoms with Gasteiger partial charge < -0.3 is 13.8 Å². The van der Waals surface area contributed by atoms with Crippen LogP contribution >= 0.6 is 0 Å². The lowest BCUT2D eigenvalue weighted by Gasteiger charge is -2.12. The maximum absolute atomic E-state index is 12.1. The zero-order valence-electron chi connectivity index (χ0n) is 13.3. The Bertz CT molecular complexity index is 1070. The molecule has 0 saturated carbocycles. The monoisotopic (exact) mass is 396 g/mol. The Morgan fingerprint density at radius 2 is 1.58 bits per heavy atom. The predicted octanol–water partition coefficient (Wildman–Crippen LogP) is 1.40. The van der Waals surface area contributed by atoms with Gasteiger partial charge in [-0.15, -0.1) is 0 Å². The Balaban J connectivity index is 2.28. The summed E-state index contributed by atoms with van der Waals surface area (Å²) in [5, 5.41) is 0. The van der Waals surface area contributed by atoms with E-state index >= 15 is 0 Å². The lowest BCUT2D eigenvalue weighted by molar-refractivity contribution is 0.104. The van der Waals surface area contributed by atoms with Crippen LogP contribution in [0.1, 0.15) is 15.9 Å². The van der Waals surface area contributed by atoms with Crippen LogP contribution in [0.25, 0.3) is 6.08 Å². The average Bonchev–Trinajstić information content (AvgIpc) is 2.58. The molecule has 0 atom stereocenters. The summed E-state index contributed by atoms with van der Waals surface area (Å²) in [6.45, 7) is 0. The van der Waals surface area contributed by atoms with E-state index in [-0.39, 0.29) is 16.9 Å². The van der Waals surface area contributed by atoms with E-state index in [0.29, 0.717) is 0 Å². The van der Waals surface area contributed by atoms with Crippen LogP contribution in [0.3, 0.4) is 0 Å². The van der Waals surface area contributed by atoms with Crippen LogP contribution in [0, 0.1) is 0 Å². The summed E-state index contributed by atoms with van der Waals surface area (Å²) in [5.74, 6) is -0.625. The highest BCUT2D eigenvalue weighted by atomic mass is 32.2. The molecular formula is C16H12O8S2-2. The quantitative estimate of drug-likeness (QED) is 0.405. The molecule has 0 bridgehead atoms. The molecule has 2 aromatic rings. The topological polar surface area (TPSA) is 141 Å². The lowest BCUT2D eigenvalue weighted by Crippen LogP contribution is -2.02. The molecule has 0 aliphatic heterocycles. The number of hydrogen-bond acceptors (Lipinski definition) is 8. The van der Waals surface area contributed by atoms with E-state index in [2.05, 4.69) is 0 Å². The van der Waals surface area contributed by atoms with Crippen molar-refractivity contribution in [3.05, 3.63) is 59.7 Å². The summed E-state index contributed by atoms with van der Waals surface area (Å²) in [7, 11) is -8.14. The third-order valence-electron chi connectivity index (χ3n) is 3.31. The number of rotatable bonds is 6. The maximum atomic E-state index is 12.1. The zero-order chi connectivity index (χ0) is 19.5. The summed E-state index contributed by atoms with van der Waals surface area (Å²) in [4.78, 5) is 11.0. The van der Waals surface area contributed by atoms with Gasteiger partial charge in [0.15, 0.2) is 5.78 Å². The van der Waals surface area contributed by atoms with Crippen molar-refractivity contribution in [2.24, 2.45) is 0 Å². The van der Waals surface area contributed by atoms with Gasteiger partial charge in [0.2, 0.25) is 0 Å². The van der Waals surface area contributed by atoms with Crippen LogP contribution in [-0.4, -0.2) is 38.8 Å². The van der Waals surface area contributed by atoms with Crippen molar-refractivity contribution < 1.29 is 35.5 Å². The van der Waals surface area contributed by atoms with Gasteiger partial charge in [-0.05, 0) is 48.0 Å². The van der Waals surface area contributed by atoms with Crippen LogP contribution in [0.5, 0.6) is 5.75 Å². The first-order chi connectivity index (χ1) is 12.0. The van der Waals surface area contributed by atoms with Gasteiger partial charge >= 0.3 is 0 Å². The second kappa shape index (κ2) is 7.38. The van der Waals surface area contributed by atoms with Crippen LogP contribution in [0.2, 0.25) is 0 Å². The van der Waals surface area contributed by atoms with E-state index in [1.807, 2.05) is 0 Å². The smallest absolute Gasteiger partial charge is 0.185 e. The molecule has 2 aromatic carbocycles. The fourth-order valence-corrected chi connectivity index (χ4v) is 3.19. The maximum Gasteiger partial charge on any atom is 0.185 e. The van der Waals surface area contributed by atoms with Gasteiger partial charge in [0.25, 0.3) is 0 Å². The Kier molecular flexibility index (Phi) is 5.62. The summed E-state index contributed by atoms with van der Waals surface area (Å²) in [5.41, 5.74) is 0.395. The minimum Gasteiger partial charge on any atom is -0.744 e. The first-order valence-electron chi connectivity index (χ1n) is 6.94. The van der Waals surface area contributed by atoms with Gasteiger partial charge in [-0.2, -0.15) is 0 Å². The van der Waals surface area contributed by atoms with E-state index in [1.165, 1.54) is 37.5 Å². The number of carbonyl (C=O) groups excluding carboxylic acids is 1. The van der Waals surface area contributed by atoms with E-state index < -0.39 is 35.8 Å². The normalized spacial score (nSPS) is 12.3. The largest absolute Gasteiger partial charge is 0.744 e. The van der Waals surface area contributed by atoms with Gasteiger partial charge in [-0.25, -0.2) is 16.8 Å². The van der Waals surface area contributed by atoms with Crippen molar-refractivity contribution in [2.45, 2.75) is 9.79 Å². The summed E-state index contributed by atoms with van der Waals surface area (Å²) < 4.78 is 71.1. The molecule has 10 heteroatoms. The second-order valence-electron chi connectivity index (χ2n) is 5.04. The van der Waals surface area contributed by atoms with E-state index in [0.717, 1.165) is 24.3 Å². The predicted molar refractivity (Wildman–Crippen MR) is 88.7 cm³/mol. The molecule has 26 heavy (non-hydrogen) atoms. The average molecular weight is 396 g/mol. The first-order valence-corrected chi connectivity index (χ1v) is 9.76. The molecule has 0 spiro atoms. The minimum absolute atomic E-state index is 0.113. The van der Waals surface area contributed by atoms with Gasteiger partial charge in [-0.1, -0.05) is 12.1 Å². The van der Waals surface area contributed by atoms with E-state index in [1.54, 1.807) is 0 Å². The molecule has 8 nitrogen and oxygen atoms in total. The van der Waals surface area contributed by atoms with Gasteiger partial charge in [-0.3, -0.25) is 4.79 Å². The molecular weight excluding hydrogens is 384 g/mol. The molecule has 0 radical (unpaired) electrons. The first kappa shape index (κ1) is 19.8. The lowest BCUT2D eigenvalue weighted by atomic mass is 10.1. The third kappa shape index (κ3) is 4.76. The SMILES string of the molecule is COc1ccc(/C=C/C(=O)c2ccc(S(=O)(=O)[O-])cc2)cc1S(=O)(=O)[O-]. The molecule has 0 N–H and O–H groups in total. The molecule has 0 saturated heterocycles. The summed E-state index contributed by atoms with van der Waals surface area (Å²) in [6, 6.07) is 8.18. The molecule has 0 aliphatic carbocycles. The fourth-order valence-electron chi connectivity index (χ4n) is 2.05. The highest BCUT2D eigenvalue weighted by Crippen LogP contribution is 2.25. The number of carbonyl (C=O) groups is 1. The van der Waals surface area contributed by atoms with Gasteiger partial charge in [0, 0.05) is 5.56 Å². The fraction of sp³-hybridized carbons (Fsp3) is 0.0625. The molecule has 0 unspecified atom stereocenters. The highest BCUT2D eigenvalue weighted by molar-refractivity contribution is 7.86. The Labute approximate surface area is 150 Å². The molecule has 0 aliphatic rings. The molecule has 0 fully saturated rings. The van der Waals surface area contributed by atoms with Crippen LogP contribution < -0.4 is 4.74 Å². The molecule has 2 rings (SSSR count). The van der Waals surface area contributed by atoms with Gasteiger partial charge in [0.1, 0.15) is 26.0 Å². The number of ketones is 1. The number of ether oxygens (including phenoxy) is 1. The number of allylic oxidation sites excluding steroid dienone is 1. The highest BCUT2D eigenvalue weighted by Gasteiger charge is 2.10.